The van der Waals surface area contributed by atoms with Gasteiger partial charge in [-0.1, -0.05) is 29.8 Å². The Balaban J connectivity index is 1.70. The number of nitrogens with one attached hydrogen (secondary N) is 2. The van der Waals surface area contributed by atoms with Crippen molar-refractivity contribution >= 4 is 28.4 Å². The van der Waals surface area contributed by atoms with Gasteiger partial charge in [-0.05, 0) is 48.7 Å². The van der Waals surface area contributed by atoms with E-state index in [0.29, 0.717) is 23.7 Å². The van der Waals surface area contributed by atoms with Crippen LogP contribution in [0.3, 0.4) is 0 Å². The maximum absolute atomic E-state index is 12.5. The molecule has 5 heteroatoms. The summed E-state index contributed by atoms with van der Waals surface area (Å²) in [5, 5.41) is 4.59. The Morgan fingerprint density at radius 1 is 1.25 bits per heavy atom. The highest BCUT2D eigenvalue weighted by atomic mass is 35.5. The number of carbonyl (C=O) groups excluding carboxylic acids is 1. The van der Waals surface area contributed by atoms with Crippen LogP contribution in [0, 0.1) is 6.92 Å². The monoisotopic (exact) mass is 342 g/mol. The lowest BCUT2D eigenvalue weighted by atomic mass is 10.1. The Kier molecular flexibility index (Phi) is 4.76. The molecule has 4 nitrogen and oxygen atoms in total. The summed E-state index contributed by atoms with van der Waals surface area (Å²) in [6, 6.07) is 13.4. The van der Waals surface area contributed by atoms with Gasteiger partial charge in [-0.25, -0.2) is 0 Å². The van der Waals surface area contributed by atoms with Crippen molar-refractivity contribution in [3.05, 3.63) is 64.3 Å². The number of rotatable bonds is 5. The zero-order valence-electron chi connectivity index (χ0n) is 13.7. The van der Waals surface area contributed by atoms with Gasteiger partial charge in [-0.2, -0.15) is 0 Å². The molecule has 0 aliphatic heterocycles. The molecule has 0 aliphatic carbocycles. The van der Waals surface area contributed by atoms with Crippen LogP contribution in [0.4, 0.5) is 0 Å². The molecule has 1 amide bonds. The fraction of sp³-hybridized carbons (Fsp3) is 0.211. The summed E-state index contributed by atoms with van der Waals surface area (Å²) >= 11 is 6.03. The summed E-state index contributed by atoms with van der Waals surface area (Å²) in [6.45, 7) is 2.46. The fourth-order valence-corrected chi connectivity index (χ4v) is 3.01. The van der Waals surface area contributed by atoms with Crippen LogP contribution in [0.25, 0.3) is 10.9 Å². The highest BCUT2D eigenvalue weighted by molar-refractivity contribution is 6.31. The average Bonchev–Trinajstić information content (AvgIpc) is 2.92. The number of ether oxygens (including phenoxy) is 1. The van der Waals surface area contributed by atoms with E-state index in [1.54, 1.807) is 7.11 Å². The second kappa shape index (κ2) is 6.97. The number of aromatic amines is 1. The van der Waals surface area contributed by atoms with Crippen LogP contribution in [0.5, 0.6) is 5.75 Å². The molecule has 0 radical (unpaired) electrons. The van der Waals surface area contributed by atoms with Gasteiger partial charge in [0.15, 0.2) is 0 Å². The van der Waals surface area contributed by atoms with E-state index in [9.17, 15) is 4.79 Å². The molecule has 0 saturated heterocycles. The van der Waals surface area contributed by atoms with E-state index in [-0.39, 0.29) is 5.91 Å². The number of methoxy groups -OCH3 is 1. The third-order valence-electron chi connectivity index (χ3n) is 4.12. The molecule has 0 saturated carbocycles. The minimum Gasteiger partial charge on any atom is -0.496 e. The maximum Gasteiger partial charge on any atom is 0.268 e. The van der Waals surface area contributed by atoms with Crippen LogP contribution in [0.2, 0.25) is 5.02 Å². The van der Waals surface area contributed by atoms with Gasteiger partial charge in [0.05, 0.1) is 7.11 Å². The lowest BCUT2D eigenvalue weighted by Crippen LogP contribution is -2.26. The van der Waals surface area contributed by atoms with Gasteiger partial charge in [0.1, 0.15) is 11.4 Å². The number of para-hydroxylation sites is 1. The zero-order chi connectivity index (χ0) is 17.1. The molecule has 24 heavy (non-hydrogen) atoms. The number of halogens is 1. The van der Waals surface area contributed by atoms with Crippen molar-refractivity contribution in [2.75, 3.05) is 13.7 Å². The smallest absolute Gasteiger partial charge is 0.268 e. The molecular weight excluding hydrogens is 324 g/mol. The predicted octanol–water partition coefficient (Wildman–Crippen LogP) is 4.11. The molecule has 0 spiro atoms. The first-order valence-electron chi connectivity index (χ1n) is 7.78. The van der Waals surface area contributed by atoms with Crippen molar-refractivity contribution in [2.24, 2.45) is 0 Å². The van der Waals surface area contributed by atoms with Crippen molar-refractivity contribution in [1.29, 1.82) is 0 Å². The number of aromatic nitrogens is 1. The molecule has 0 atom stereocenters. The summed E-state index contributed by atoms with van der Waals surface area (Å²) in [4.78, 5) is 15.6. The molecule has 0 bridgehead atoms. The third-order valence-corrected chi connectivity index (χ3v) is 4.35. The highest BCUT2D eigenvalue weighted by Crippen LogP contribution is 2.25. The predicted molar refractivity (Wildman–Crippen MR) is 97.1 cm³/mol. The van der Waals surface area contributed by atoms with E-state index < -0.39 is 0 Å². The maximum atomic E-state index is 12.5. The van der Waals surface area contributed by atoms with Crippen LogP contribution in [0.15, 0.2) is 42.5 Å². The molecule has 3 aromatic rings. The number of amides is 1. The first-order valence-corrected chi connectivity index (χ1v) is 8.16. The third kappa shape index (κ3) is 3.24. The molecule has 1 aromatic heterocycles. The zero-order valence-corrected chi connectivity index (χ0v) is 14.4. The number of H-pyrrole nitrogens is 1. The number of aryl methyl sites for hydroxylation is 1. The molecule has 2 aromatic carbocycles. The van der Waals surface area contributed by atoms with Crippen LogP contribution in [-0.2, 0) is 6.42 Å². The van der Waals surface area contributed by atoms with Crippen molar-refractivity contribution in [1.82, 2.24) is 10.3 Å². The van der Waals surface area contributed by atoms with E-state index in [4.69, 9.17) is 16.3 Å². The molecule has 3 rings (SSSR count). The standard InChI is InChI=1S/C19H19ClN2O2/c1-12-15-11-14(20)7-8-16(15)22-18(12)19(23)21-10-9-13-5-3-4-6-17(13)24-2/h3-8,11,22H,9-10H2,1-2H3,(H,21,23). The normalized spacial score (nSPS) is 10.8. The summed E-state index contributed by atoms with van der Waals surface area (Å²) in [5.41, 5.74) is 3.46. The van der Waals surface area contributed by atoms with Crippen LogP contribution in [0.1, 0.15) is 21.6 Å². The lowest BCUT2D eigenvalue weighted by Gasteiger charge is -2.09. The summed E-state index contributed by atoms with van der Waals surface area (Å²) in [5.74, 6) is 0.720. The lowest BCUT2D eigenvalue weighted by molar-refractivity contribution is 0.0949. The van der Waals surface area contributed by atoms with Gasteiger partial charge in [-0.3, -0.25) is 4.79 Å². The largest absolute Gasteiger partial charge is 0.496 e. The molecule has 0 fully saturated rings. The molecule has 2 N–H and O–H groups in total. The Hall–Kier alpha value is -2.46. The van der Waals surface area contributed by atoms with E-state index >= 15 is 0 Å². The second-order valence-electron chi connectivity index (χ2n) is 5.63. The van der Waals surface area contributed by atoms with E-state index in [2.05, 4.69) is 10.3 Å². The van der Waals surface area contributed by atoms with Crippen LogP contribution >= 0.6 is 11.6 Å². The Bertz CT molecular complexity index is 886. The summed E-state index contributed by atoms with van der Waals surface area (Å²) < 4.78 is 5.33. The molecule has 124 valence electrons. The Labute approximate surface area is 145 Å². The summed E-state index contributed by atoms with van der Waals surface area (Å²) in [7, 11) is 1.65. The number of benzene rings is 2. The average molecular weight is 343 g/mol. The van der Waals surface area contributed by atoms with Crippen molar-refractivity contribution in [3.63, 3.8) is 0 Å². The van der Waals surface area contributed by atoms with Gasteiger partial charge in [0.2, 0.25) is 0 Å². The van der Waals surface area contributed by atoms with Crippen molar-refractivity contribution in [3.8, 4) is 5.75 Å². The minimum atomic E-state index is -0.116. The Morgan fingerprint density at radius 2 is 2.04 bits per heavy atom. The second-order valence-corrected chi connectivity index (χ2v) is 6.07. The summed E-state index contributed by atoms with van der Waals surface area (Å²) in [6.07, 6.45) is 0.709. The van der Waals surface area contributed by atoms with Gasteiger partial charge in [0.25, 0.3) is 5.91 Å². The van der Waals surface area contributed by atoms with Crippen LogP contribution < -0.4 is 10.1 Å². The first kappa shape index (κ1) is 16.4. The quantitative estimate of drug-likeness (QED) is 0.733. The van der Waals surface area contributed by atoms with Gasteiger partial charge >= 0.3 is 0 Å². The minimum absolute atomic E-state index is 0.116. The molecule has 0 aliphatic rings. The van der Waals surface area contributed by atoms with Gasteiger partial charge in [-0.15, -0.1) is 0 Å². The highest BCUT2D eigenvalue weighted by Gasteiger charge is 2.14. The topological polar surface area (TPSA) is 54.1 Å². The number of hydrogen-bond donors (Lipinski definition) is 2. The molecular formula is C19H19ClN2O2. The first-order chi connectivity index (χ1) is 11.6. The fourth-order valence-electron chi connectivity index (χ4n) is 2.83. The van der Waals surface area contributed by atoms with Gasteiger partial charge < -0.3 is 15.0 Å². The van der Waals surface area contributed by atoms with E-state index in [0.717, 1.165) is 27.8 Å². The number of fused-ring (bicyclic) bond motifs is 1. The van der Waals surface area contributed by atoms with Crippen LogP contribution in [-0.4, -0.2) is 24.5 Å². The van der Waals surface area contributed by atoms with E-state index in [1.165, 1.54) is 0 Å². The molecule has 1 heterocycles. The van der Waals surface area contributed by atoms with Crippen molar-refractivity contribution < 1.29 is 9.53 Å². The number of carbonyl (C=O) groups is 1. The molecule has 0 unspecified atom stereocenters. The van der Waals surface area contributed by atoms with E-state index in [1.807, 2.05) is 49.4 Å². The van der Waals surface area contributed by atoms with Crippen molar-refractivity contribution in [2.45, 2.75) is 13.3 Å². The SMILES string of the molecule is COc1ccccc1CCNC(=O)c1[nH]c2ccc(Cl)cc2c1C. The van der Waals surface area contributed by atoms with Gasteiger partial charge in [0, 0.05) is 22.5 Å². The Morgan fingerprint density at radius 3 is 2.83 bits per heavy atom. The number of hydrogen-bond acceptors (Lipinski definition) is 2.